The number of aliphatic carboxylic acids is 2. The minimum atomic E-state index is -3.96. The summed E-state index contributed by atoms with van der Waals surface area (Å²) in [7, 11) is 2.15. The fourth-order valence-electron chi connectivity index (χ4n) is 4.71. The van der Waals surface area contributed by atoms with Crippen LogP contribution in [0.3, 0.4) is 0 Å². The maximum atomic E-state index is 12.8. The number of aromatic nitrogens is 1. The largest absolute Gasteiger partial charge is 0.479 e. The summed E-state index contributed by atoms with van der Waals surface area (Å²) in [5, 5.41) is 40.3. The molecule has 1 saturated heterocycles. The number of terminal acetylenes is 1. The van der Waals surface area contributed by atoms with Gasteiger partial charge in [0.25, 0.3) is 11.2 Å². The van der Waals surface area contributed by atoms with Gasteiger partial charge < -0.3 is 20.4 Å². The second-order valence-electron chi connectivity index (χ2n) is 10.2. The fourth-order valence-corrected chi connectivity index (χ4v) is 4.71. The van der Waals surface area contributed by atoms with E-state index in [1.807, 2.05) is 6.20 Å². The predicted octanol–water partition coefficient (Wildman–Crippen LogP) is 2.83. The van der Waals surface area contributed by atoms with Crippen LogP contribution in [-0.4, -0.2) is 78.6 Å². The van der Waals surface area contributed by atoms with Crippen molar-refractivity contribution < 1.29 is 39.6 Å². The Hall–Kier alpha value is -4.69. The standard InChI is InChI=1S/C20H18O8.C12H14N2/c1-11-3-7-13(8-4-11)15(21)19(27,17(23)24)20(28,18(25)26)16(22)14-9-5-12(2)6-10-14;1-3-10-7-11(9-13-8-10)12-5-4-6-14(12)2/h3-10,27-28H,1-2H3,(H,23,24)(H,25,26);1,7-9,12H,4-6H2,2H3. The lowest BCUT2D eigenvalue weighted by molar-refractivity contribution is -0.187. The van der Waals surface area contributed by atoms with Crippen LogP contribution in [0.5, 0.6) is 0 Å². The van der Waals surface area contributed by atoms with Gasteiger partial charge in [0, 0.05) is 35.1 Å². The molecule has 0 radical (unpaired) electrons. The van der Waals surface area contributed by atoms with E-state index in [0.717, 1.165) is 29.8 Å². The number of Topliss-reactive ketones (excluding diaryl/α,β-unsaturated/α-hetero) is 2. The number of hydrogen-bond donors (Lipinski definition) is 4. The van der Waals surface area contributed by atoms with Crippen LogP contribution >= 0.6 is 0 Å². The van der Waals surface area contributed by atoms with E-state index in [2.05, 4.69) is 28.9 Å². The van der Waals surface area contributed by atoms with Gasteiger partial charge in [-0.05, 0) is 51.9 Å². The summed E-state index contributed by atoms with van der Waals surface area (Å²) in [6.45, 7) is 4.54. The molecule has 0 saturated carbocycles. The fraction of sp³-hybridized carbons (Fsp3) is 0.281. The average Bonchev–Trinajstić information content (AvgIpc) is 3.42. The van der Waals surface area contributed by atoms with Crippen LogP contribution in [0, 0.1) is 26.2 Å². The minimum Gasteiger partial charge on any atom is -0.479 e. The molecule has 3 atom stereocenters. The lowest BCUT2D eigenvalue weighted by Gasteiger charge is -2.34. The first-order valence-electron chi connectivity index (χ1n) is 13.0. The number of aryl methyl sites for hydroxylation is 2. The summed E-state index contributed by atoms with van der Waals surface area (Å²) in [6, 6.07) is 12.9. The lowest BCUT2D eigenvalue weighted by Crippen LogP contribution is -2.71. The van der Waals surface area contributed by atoms with E-state index in [1.54, 1.807) is 20.0 Å². The molecule has 0 aliphatic carbocycles. The Labute approximate surface area is 243 Å². The number of nitrogens with zero attached hydrogens (tertiary/aromatic N) is 2. The summed E-state index contributed by atoms with van der Waals surface area (Å²) in [6.07, 6.45) is 11.5. The molecule has 0 amide bonds. The summed E-state index contributed by atoms with van der Waals surface area (Å²) >= 11 is 0. The molecule has 4 rings (SSSR count). The van der Waals surface area contributed by atoms with Gasteiger partial charge in [0.1, 0.15) is 0 Å². The summed E-state index contributed by atoms with van der Waals surface area (Å²) in [5.74, 6) is -5.39. The van der Waals surface area contributed by atoms with Crippen molar-refractivity contribution in [3.63, 3.8) is 0 Å². The van der Waals surface area contributed by atoms with Gasteiger partial charge in [0.2, 0.25) is 11.6 Å². The van der Waals surface area contributed by atoms with Crippen molar-refractivity contribution in [2.45, 2.75) is 43.9 Å². The van der Waals surface area contributed by atoms with Gasteiger partial charge in [-0.1, -0.05) is 65.6 Å². The number of carboxylic acid groups (broad SMARTS) is 2. The normalized spacial score (nSPS) is 17.5. The van der Waals surface area contributed by atoms with Gasteiger partial charge in [0.15, 0.2) is 0 Å². The monoisotopic (exact) mass is 572 g/mol. The van der Waals surface area contributed by atoms with Gasteiger partial charge in [-0.3, -0.25) is 19.5 Å². The Morgan fingerprint density at radius 1 is 0.857 bits per heavy atom. The molecular formula is C32H32N2O8. The van der Waals surface area contributed by atoms with Gasteiger partial charge >= 0.3 is 11.9 Å². The number of pyridine rings is 1. The van der Waals surface area contributed by atoms with Gasteiger partial charge in [0.05, 0.1) is 0 Å². The van der Waals surface area contributed by atoms with E-state index in [1.165, 1.54) is 49.2 Å². The van der Waals surface area contributed by atoms with E-state index in [4.69, 9.17) is 6.42 Å². The van der Waals surface area contributed by atoms with Gasteiger partial charge in [-0.15, -0.1) is 6.42 Å². The number of ketones is 2. The van der Waals surface area contributed by atoms with Crippen LogP contribution in [-0.2, 0) is 9.59 Å². The van der Waals surface area contributed by atoms with E-state index in [-0.39, 0.29) is 11.1 Å². The first-order valence-corrected chi connectivity index (χ1v) is 13.0. The maximum Gasteiger partial charge on any atom is 0.348 e. The van der Waals surface area contributed by atoms with Crippen molar-refractivity contribution in [2.75, 3.05) is 13.6 Å². The Kier molecular flexibility index (Phi) is 9.75. The van der Waals surface area contributed by atoms with Crippen LogP contribution in [0.25, 0.3) is 0 Å². The molecular weight excluding hydrogens is 540 g/mol. The van der Waals surface area contributed by atoms with E-state index >= 15 is 0 Å². The predicted molar refractivity (Wildman–Crippen MR) is 153 cm³/mol. The molecule has 1 fully saturated rings. The van der Waals surface area contributed by atoms with Crippen LogP contribution in [0.4, 0.5) is 0 Å². The molecule has 2 aromatic carbocycles. The molecule has 0 spiro atoms. The quantitative estimate of drug-likeness (QED) is 0.179. The average molecular weight is 573 g/mol. The van der Waals surface area contributed by atoms with Crippen LogP contribution in [0.15, 0.2) is 67.0 Å². The Bertz CT molecular complexity index is 1450. The van der Waals surface area contributed by atoms with Crippen molar-refractivity contribution in [1.82, 2.24) is 9.88 Å². The van der Waals surface area contributed by atoms with E-state index in [0.29, 0.717) is 17.2 Å². The molecule has 1 aromatic heterocycles. The van der Waals surface area contributed by atoms with Crippen molar-refractivity contribution in [1.29, 1.82) is 0 Å². The molecule has 3 unspecified atom stereocenters. The number of benzene rings is 2. The molecule has 10 heteroatoms. The number of carbonyl (C=O) groups excluding carboxylic acids is 2. The molecule has 1 aliphatic rings. The van der Waals surface area contributed by atoms with Gasteiger partial charge in [-0.2, -0.15) is 0 Å². The second-order valence-corrected chi connectivity index (χ2v) is 10.2. The third-order valence-corrected chi connectivity index (χ3v) is 7.26. The molecule has 10 nitrogen and oxygen atoms in total. The highest BCUT2D eigenvalue weighted by Gasteiger charge is 2.69. The highest BCUT2D eigenvalue weighted by atomic mass is 16.5. The minimum absolute atomic E-state index is 0.383. The summed E-state index contributed by atoms with van der Waals surface area (Å²) < 4.78 is 0. The zero-order valence-electron chi connectivity index (χ0n) is 23.4. The Morgan fingerprint density at radius 2 is 1.31 bits per heavy atom. The molecule has 1 aliphatic heterocycles. The number of carbonyl (C=O) groups is 4. The van der Waals surface area contributed by atoms with E-state index < -0.39 is 34.7 Å². The van der Waals surface area contributed by atoms with Crippen molar-refractivity contribution in [3.05, 3.63) is 100 Å². The maximum absolute atomic E-state index is 12.8. The highest BCUT2D eigenvalue weighted by molar-refractivity contribution is 6.28. The van der Waals surface area contributed by atoms with Crippen LogP contribution in [0.2, 0.25) is 0 Å². The zero-order valence-corrected chi connectivity index (χ0v) is 23.4. The number of aliphatic hydroxyl groups is 2. The molecule has 218 valence electrons. The van der Waals surface area contributed by atoms with Gasteiger partial charge in [-0.25, -0.2) is 9.59 Å². The van der Waals surface area contributed by atoms with Crippen molar-refractivity contribution in [2.24, 2.45) is 0 Å². The lowest BCUT2D eigenvalue weighted by atomic mass is 9.73. The Balaban J connectivity index is 0.000000287. The number of hydrogen-bond acceptors (Lipinski definition) is 8. The first kappa shape index (κ1) is 31.8. The molecule has 0 bridgehead atoms. The van der Waals surface area contributed by atoms with Crippen LogP contribution < -0.4 is 0 Å². The van der Waals surface area contributed by atoms with Crippen LogP contribution in [0.1, 0.15) is 61.9 Å². The highest BCUT2D eigenvalue weighted by Crippen LogP contribution is 2.32. The molecule has 3 aromatic rings. The molecule has 42 heavy (non-hydrogen) atoms. The third-order valence-electron chi connectivity index (χ3n) is 7.26. The number of rotatable bonds is 8. The number of carboxylic acids is 2. The topological polar surface area (TPSA) is 165 Å². The smallest absolute Gasteiger partial charge is 0.348 e. The molecule has 2 heterocycles. The second kappa shape index (κ2) is 12.9. The van der Waals surface area contributed by atoms with Crippen molar-refractivity contribution in [3.8, 4) is 12.3 Å². The zero-order chi connectivity index (χ0) is 31.2. The molecule has 4 N–H and O–H groups in total. The summed E-state index contributed by atoms with van der Waals surface area (Å²) in [5.41, 5.74) is -5.15. The third kappa shape index (κ3) is 6.14. The first-order chi connectivity index (χ1) is 19.8. The SMILES string of the molecule is C#Cc1cncc(C2CCCN2C)c1.Cc1ccc(C(=O)C(O)(C(=O)O)C(O)(C(=O)O)C(=O)c2ccc(C)cc2)cc1. The number of likely N-dealkylation sites (tertiary alicyclic amines) is 1. The van der Waals surface area contributed by atoms with E-state index in [9.17, 15) is 39.6 Å². The Morgan fingerprint density at radius 3 is 1.67 bits per heavy atom. The van der Waals surface area contributed by atoms with Crippen molar-refractivity contribution >= 4 is 23.5 Å². The summed E-state index contributed by atoms with van der Waals surface area (Å²) in [4.78, 5) is 55.6.